The van der Waals surface area contributed by atoms with Crippen LogP contribution < -0.4 is 11.3 Å². The summed E-state index contributed by atoms with van der Waals surface area (Å²) in [7, 11) is 1.98. The SMILES string of the molecule is Cc1c(C(NN)C2CCC(C)CC2)cnn1C. The third-order valence-electron chi connectivity index (χ3n) is 4.32. The minimum absolute atomic E-state index is 0.260. The number of aromatic nitrogens is 2. The average molecular weight is 236 g/mol. The summed E-state index contributed by atoms with van der Waals surface area (Å²) in [6.45, 7) is 4.45. The highest BCUT2D eigenvalue weighted by atomic mass is 15.3. The van der Waals surface area contributed by atoms with Gasteiger partial charge in [0.05, 0.1) is 12.2 Å². The zero-order chi connectivity index (χ0) is 12.4. The molecule has 1 aromatic rings. The number of hydrazine groups is 1. The summed E-state index contributed by atoms with van der Waals surface area (Å²) >= 11 is 0. The van der Waals surface area contributed by atoms with E-state index in [2.05, 4.69) is 24.4 Å². The van der Waals surface area contributed by atoms with E-state index in [0.29, 0.717) is 5.92 Å². The lowest BCUT2D eigenvalue weighted by molar-refractivity contribution is 0.232. The highest BCUT2D eigenvalue weighted by Crippen LogP contribution is 2.37. The second kappa shape index (κ2) is 5.19. The van der Waals surface area contributed by atoms with Crippen molar-refractivity contribution in [2.45, 2.75) is 45.6 Å². The first-order valence-corrected chi connectivity index (χ1v) is 6.58. The van der Waals surface area contributed by atoms with E-state index in [9.17, 15) is 0 Å². The minimum atomic E-state index is 0.260. The Hall–Kier alpha value is -0.870. The Morgan fingerprint density at radius 1 is 1.41 bits per heavy atom. The smallest absolute Gasteiger partial charge is 0.0540 e. The molecule has 0 amide bonds. The van der Waals surface area contributed by atoms with E-state index >= 15 is 0 Å². The number of hydrogen-bond acceptors (Lipinski definition) is 3. The first-order valence-electron chi connectivity index (χ1n) is 6.58. The van der Waals surface area contributed by atoms with Crippen molar-refractivity contribution in [3.8, 4) is 0 Å². The Balaban J connectivity index is 2.13. The summed E-state index contributed by atoms with van der Waals surface area (Å²) in [6, 6.07) is 0.260. The molecule has 4 nitrogen and oxygen atoms in total. The van der Waals surface area contributed by atoms with Crippen molar-refractivity contribution < 1.29 is 0 Å². The zero-order valence-corrected chi connectivity index (χ0v) is 11.1. The van der Waals surface area contributed by atoms with Gasteiger partial charge >= 0.3 is 0 Å². The maximum Gasteiger partial charge on any atom is 0.0540 e. The van der Waals surface area contributed by atoms with Crippen LogP contribution >= 0.6 is 0 Å². The van der Waals surface area contributed by atoms with Gasteiger partial charge in [0, 0.05) is 18.3 Å². The maximum absolute atomic E-state index is 5.76. The van der Waals surface area contributed by atoms with E-state index in [1.54, 1.807) is 0 Å². The third kappa shape index (κ3) is 2.53. The van der Waals surface area contributed by atoms with Gasteiger partial charge in [-0.05, 0) is 31.6 Å². The Kier molecular flexibility index (Phi) is 3.84. The van der Waals surface area contributed by atoms with Crippen LogP contribution in [0.3, 0.4) is 0 Å². The van der Waals surface area contributed by atoms with Crippen LogP contribution in [0.25, 0.3) is 0 Å². The van der Waals surface area contributed by atoms with E-state index in [1.807, 2.05) is 17.9 Å². The lowest BCUT2D eigenvalue weighted by atomic mass is 9.77. The second-order valence-corrected chi connectivity index (χ2v) is 5.47. The monoisotopic (exact) mass is 236 g/mol. The van der Waals surface area contributed by atoms with Crippen LogP contribution in [0.4, 0.5) is 0 Å². The molecule has 4 heteroatoms. The summed E-state index contributed by atoms with van der Waals surface area (Å²) in [5.74, 6) is 7.29. The van der Waals surface area contributed by atoms with E-state index in [1.165, 1.54) is 36.9 Å². The van der Waals surface area contributed by atoms with Crippen molar-refractivity contribution in [1.82, 2.24) is 15.2 Å². The van der Waals surface area contributed by atoms with Gasteiger partial charge in [-0.1, -0.05) is 19.8 Å². The Bertz CT molecular complexity index is 363. The van der Waals surface area contributed by atoms with Gasteiger partial charge in [-0.15, -0.1) is 0 Å². The van der Waals surface area contributed by atoms with Crippen molar-refractivity contribution in [3.05, 3.63) is 17.5 Å². The molecule has 1 fully saturated rings. The summed E-state index contributed by atoms with van der Waals surface area (Å²) in [5, 5.41) is 4.32. The van der Waals surface area contributed by atoms with Crippen molar-refractivity contribution >= 4 is 0 Å². The highest BCUT2D eigenvalue weighted by Gasteiger charge is 2.28. The molecule has 3 N–H and O–H groups in total. The normalized spacial score (nSPS) is 27.1. The summed E-state index contributed by atoms with van der Waals surface area (Å²) in [6.07, 6.45) is 7.14. The number of nitrogens with two attached hydrogens (primary N) is 1. The largest absolute Gasteiger partial charge is 0.273 e. The highest BCUT2D eigenvalue weighted by molar-refractivity contribution is 5.21. The van der Waals surface area contributed by atoms with Crippen LogP contribution in [0.15, 0.2) is 6.20 Å². The lowest BCUT2D eigenvalue weighted by Crippen LogP contribution is -2.35. The van der Waals surface area contributed by atoms with E-state index < -0.39 is 0 Å². The zero-order valence-electron chi connectivity index (χ0n) is 11.1. The molecule has 0 saturated heterocycles. The van der Waals surface area contributed by atoms with Crippen molar-refractivity contribution in [1.29, 1.82) is 0 Å². The lowest BCUT2D eigenvalue weighted by Gasteiger charge is -2.32. The number of rotatable bonds is 3. The van der Waals surface area contributed by atoms with Crippen molar-refractivity contribution in [3.63, 3.8) is 0 Å². The minimum Gasteiger partial charge on any atom is -0.273 e. The molecule has 0 aromatic carbocycles. The number of nitrogens with one attached hydrogen (secondary N) is 1. The Morgan fingerprint density at radius 2 is 2.06 bits per heavy atom. The quantitative estimate of drug-likeness (QED) is 0.624. The molecular formula is C13H24N4. The van der Waals surface area contributed by atoms with Crippen molar-refractivity contribution in [2.24, 2.45) is 24.7 Å². The van der Waals surface area contributed by atoms with Crippen molar-refractivity contribution in [2.75, 3.05) is 0 Å². The summed E-state index contributed by atoms with van der Waals surface area (Å²) in [5.41, 5.74) is 5.48. The Labute approximate surface area is 104 Å². The van der Waals surface area contributed by atoms with Crippen LogP contribution in [0.5, 0.6) is 0 Å². The molecule has 0 radical (unpaired) electrons. The molecule has 0 aliphatic heterocycles. The van der Waals surface area contributed by atoms with Gasteiger partial charge < -0.3 is 0 Å². The summed E-state index contributed by atoms with van der Waals surface area (Å²) in [4.78, 5) is 0. The number of aryl methyl sites for hydroxylation is 1. The van der Waals surface area contributed by atoms with E-state index in [-0.39, 0.29) is 6.04 Å². The van der Waals surface area contributed by atoms with Gasteiger partial charge in [-0.2, -0.15) is 5.10 Å². The van der Waals surface area contributed by atoms with Gasteiger partial charge in [-0.3, -0.25) is 16.0 Å². The predicted octanol–water partition coefficient (Wildman–Crippen LogP) is 2.06. The van der Waals surface area contributed by atoms with Crippen LogP contribution in [-0.4, -0.2) is 9.78 Å². The van der Waals surface area contributed by atoms with Crippen LogP contribution in [0.1, 0.15) is 49.9 Å². The first kappa shape index (κ1) is 12.6. The van der Waals surface area contributed by atoms with E-state index in [4.69, 9.17) is 5.84 Å². The van der Waals surface area contributed by atoms with Gasteiger partial charge in [-0.25, -0.2) is 0 Å². The fourth-order valence-corrected chi connectivity index (χ4v) is 2.92. The van der Waals surface area contributed by atoms with Gasteiger partial charge in [0.2, 0.25) is 0 Å². The molecule has 1 aliphatic rings. The van der Waals surface area contributed by atoms with E-state index in [0.717, 1.165) is 5.92 Å². The topological polar surface area (TPSA) is 55.9 Å². The fraction of sp³-hybridized carbons (Fsp3) is 0.769. The molecule has 0 bridgehead atoms. The molecule has 0 spiro atoms. The Morgan fingerprint density at radius 3 is 2.53 bits per heavy atom. The number of hydrogen-bond donors (Lipinski definition) is 2. The molecule has 1 aromatic heterocycles. The van der Waals surface area contributed by atoms with Gasteiger partial charge in [0.25, 0.3) is 0 Å². The van der Waals surface area contributed by atoms with Crippen LogP contribution in [0.2, 0.25) is 0 Å². The molecule has 1 saturated carbocycles. The third-order valence-corrected chi connectivity index (χ3v) is 4.32. The fourth-order valence-electron chi connectivity index (χ4n) is 2.92. The standard InChI is InChI=1S/C13H24N4/c1-9-4-6-11(7-5-9)13(16-14)12-8-15-17(3)10(12)2/h8-9,11,13,16H,4-7,14H2,1-3H3. The molecular weight excluding hydrogens is 212 g/mol. The van der Waals surface area contributed by atoms with Gasteiger partial charge in [0.1, 0.15) is 0 Å². The molecule has 1 unspecified atom stereocenters. The molecule has 2 rings (SSSR count). The molecule has 1 atom stereocenters. The molecule has 1 heterocycles. The van der Waals surface area contributed by atoms with Crippen LogP contribution in [-0.2, 0) is 7.05 Å². The summed E-state index contributed by atoms with van der Waals surface area (Å²) < 4.78 is 1.92. The maximum atomic E-state index is 5.76. The van der Waals surface area contributed by atoms with Crippen LogP contribution in [0, 0.1) is 18.8 Å². The predicted molar refractivity (Wildman–Crippen MR) is 69.1 cm³/mol. The molecule has 17 heavy (non-hydrogen) atoms. The molecule has 96 valence electrons. The first-order chi connectivity index (χ1) is 8.13. The second-order valence-electron chi connectivity index (χ2n) is 5.47. The average Bonchev–Trinajstić information content (AvgIpc) is 2.65. The molecule has 1 aliphatic carbocycles. The van der Waals surface area contributed by atoms with Gasteiger partial charge in [0.15, 0.2) is 0 Å². The number of nitrogens with zero attached hydrogens (tertiary/aromatic N) is 2.